The van der Waals surface area contributed by atoms with Crippen molar-refractivity contribution in [3.63, 3.8) is 0 Å². The zero-order chi connectivity index (χ0) is 13.7. The van der Waals surface area contributed by atoms with Crippen LogP contribution in [0.1, 0.15) is 51.9 Å². The molecular weight excluding hydrogens is 240 g/mol. The van der Waals surface area contributed by atoms with Gasteiger partial charge in [0.05, 0.1) is 0 Å². The van der Waals surface area contributed by atoms with Crippen molar-refractivity contribution in [1.29, 1.82) is 0 Å². The Morgan fingerprint density at radius 2 is 2.16 bits per heavy atom. The lowest BCUT2D eigenvalue weighted by molar-refractivity contribution is -0.139. The number of carboxylic acids is 1. The van der Waals surface area contributed by atoms with Gasteiger partial charge in [0, 0.05) is 12.6 Å². The van der Waals surface area contributed by atoms with Crippen molar-refractivity contribution in [1.82, 2.24) is 10.2 Å². The highest BCUT2D eigenvalue weighted by Crippen LogP contribution is 2.36. The Morgan fingerprint density at radius 1 is 1.37 bits per heavy atom. The quantitative estimate of drug-likeness (QED) is 0.742. The van der Waals surface area contributed by atoms with Gasteiger partial charge in [-0.3, -0.25) is 4.79 Å². The van der Waals surface area contributed by atoms with E-state index in [0.29, 0.717) is 0 Å². The Bertz CT molecular complexity index is 296. The highest BCUT2D eigenvalue weighted by molar-refractivity contribution is 5.73. The molecule has 4 nitrogen and oxygen atoms in total. The third-order valence-electron chi connectivity index (χ3n) is 4.77. The Kier molecular flexibility index (Phi) is 5.64. The summed E-state index contributed by atoms with van der Waals surface area (Å²) in [6.45, 7) is 4.98. The third kappa shape index (κ3) is 3.93. The highest BCUT2D eigenvalue weighted by atomic mass is 16.4. The van der Waals surface area contributed by atoms with E-state index in [-0.39, 0.29) is 6.04 Å². The van der Waals surface area contributed by atoms with Crippen molar-refractivity contribution < 1.29 is 9.90 Å². The molecule has 2 N–H and O–H groups in total. The molecule has 1 saturated carbocycles. The zero-order valence-electron chi connectivity index (χ0n) is 12.1. The summed E-state index contributed by atoms with van der Waals surface area (Å²) in [6, 6.07) is 0.372. The van der Waals surface area contributed by atoms with E-state index in [1.807, 2.05) is 0 Å². The minimum Gasteiger partial charge on any atom is -0.480 e. The summed E-state index contributed by atoms with van der Waals surface area (Å²) in [5.41, 5.74) is 0. The molecule has 0 bridgehead atoms. The van der Waals surface area contributed by atoms with Gasteiger partial charge in [-0.2, -0.15) is 0 Å². The number of nitrogens with one attached hydrogen (secondary N) is 1. The molecule has 0 amide bonds. The maximum Gasteiger partial charge on any atom is 0.320 e. The number of fused-ring (bicyclic) bond motifs is 1. The molecule has 19 heavy (non-hydrogen) atoms. The van der Waals surface area contributed by atoms with E-state index in [1.165, 1.54) is 38.6 Å². The summed E-state index contributed by atoms with van der Waals surface area (Å²) in [5.74, 6) is 0.188. The first-order valence-electron chi connectivity index (χ1n) is 7.92. The van der Waals surface area contributed by atoms with E-state index in [9.17, 15) is 9.90 Å². The number of hydrogen-bond donors (Lipinski definition) is 2. The van der Waals surface area contributed by atoms with Crippen LogP contribution >= 0.6 is 0 Å². The van der Waals surface area contributed by atoms with Crippen LogP contribution in [0.4, 0.5) is 0 Å². The molecule has 0 aromatic carbocycles. The summed E-state index contributed by atoms with van der Waals surface area (Å²) in [5, 5.41) is 12.4. The number of carbonyl (C=O) groups is 1. The van der Waals surface area contributed by atoms with Crippen LogP contribution in [0.2, 0.25) is 0 Å². The van der Waals surface area contributed by atoms with E-state index in [1.54, 1.807) is 0 Å². The molecular formula is C15H28N2O2. The summed E-state index contributed by atoms with van der Waals surface area (Å²) in [4.78, 5) is 13.8. The maximum absolute atomic E-state index is 11.2. The molecule has 0 aromatic heterocycles. The molecule has 0 radical (unpaired) electrons. The van der Waals surface area contributed by atoms with Crippen LogP contribution in [0.3, 0.4) is 0 Å². The van der Waals surface area contributed by atoms with Crippen molar-refractivity contribution >= 4 is 5.97 Å². The number of hydrogen-bond acceptors (Lipinski definition) is 3. The topological polar surface area (TPSA) is 52.6 Å². The summed E-state index contributed by atoms with van der Waals surface area (Å²) >= 11 is 0. The SMILES string of the molecule is CCCNC(CCN1CCC2CCCCC21)C(=O)O. The number of likely N-dealkylation sites (tertiary alicyclic amines) is 1. The van der Waals surface area contributed by atoms with Crippen LogP contribution in [0, 0.1) is 5.92 Å². The molecule has 1 saturated heterocycles. The lowest BCUT2D eigenvalue weighted by atomic mass is 9.85. The molecule has 110 valence electrons. The number of rotatable bonds is 7. The summed E-state index contributed by atoms with van der Waals surface area (Å²) < 4.78 is 0. The van der Waals surface area contributed by atoms with E-state index in [4.69, 9.17) is 0 Å². The van der Waals surface area contributed by atoms with Crippen molar-refractivity contribution in [2.45, 2.75) is 64.0 Å². The zero-order valence-corrected chi connectivity index (χ0v) is 12.1. The molecule has 2 rings (SSSR count). The first-order valence-corrected chi connectivity index (χ1v) is 7.92. The van der Waals surface area contributed by atoms with Crippen molar-refractivity contribution in [2.75, 3.05) is 19.6 Å². The van der Waals surface area contributed by atoms with Crippen LogP contribution in [-0.4, -0.2) is 47.7 Å². The minimum absolute atomic E-state index is 0.373. The lowest BCUT2D eigenvalue weighted by Crippen LogP contribution is -2.42. The fraction of sp³-hybridized carbons (Fsp3) is 0.933. The first-order chi connectivity index (χ1) is 9.22. The second-order valence-corrected chi connectivity index (χ2v) is 6.07. The third-order valence-corrected chi connectivity index (χ3v) is 4.77. The fourth-order valence-electron chi connectivity index (χ4n) is 3.71. The van der Waals surface area contributed by atoms with Crippen LogP contribution in [-0.2, 0) is 4.79 Å². The first kappa shape index (κ1) is 14.8. The lowest BCUT2D eigenvalue weighted by Gasteiger charge is -2.32. The van der Waals surface area contributed by atoms with Gasteiger partial charge in [-0.1, -0.05) is 19.8 Å². The molecule has 3 unspecified atom stereocenters. The molecule has 2 aliphatic rings. The van der Waals surface area contributed by atoms with Gasteiger partial charge in [0.2, 0.25) is 0 Å². The number of carboxylic acid groups (broad SMARTS) is 1. The molecule has 1 aliphatic heterocycles. The smallest absolute Gasteiger partial charge is 0.320 e. The largest absolute Gasteiger partial charge is 0.480 e. The highest BCUT2D eigenvalue weighted by Gasteiger charge is 2.35. The van der Waals surface area contributed by atoms with Gasteiger partial charge in [-0.05, 0) is 51.1 Å². The molecule has 2 fully saturated rings. The van der Waals surface area contributed by atoms with E-state index < -0.39 is 5.97 Å². The molecule has 4 heteroatoms. The minimum atomic E-state index is -0.701. The average molecular weight is 268 g/mol. The van der Waals surface area contributed by atoms with Crippen LogP contribution in [0.5, 0.6) is 0 Å². The van der Waals surface area contributed by atoms with Crippen LogP contribution in [0.15, 0.2) is 0 Å². The number of nitrogens with zero attached hydrogens (tertiary/aromatic N) is 1. The van der Waals surface area contributed by atoms with Crippen molar-refractivity contribution in [3.8, 4) is 0 Å². The maximum atomic E-state index is 11.2. The van der Waals surface area contributed by atoms with E-state index >= 15 is 0 Å². The molecule has 0 spiro atoms. The summed E-state index contributed by atoms with van der Waals surface area (Å²) in [6.07, 6.45) is 8.50. The van der Waals surface area contributed by atoms with Gasteiger partial charge in [-0.15, -0.1) is 0 Å². The van der Waals surface area contributed by atoms with E-state index in [2.05, 4.69) is 17.1 Å². The second kappa shape index (κ2) is 7.25. The molecule has 1 aliphatic carbocycles. The fourth-order valence-corrected chi connectivity index (χ4v) is 3.71. The van der Waals surface area contributed by atoms with Gasteiger partial charge in [0.25, 0.3) is 0 Å². The molecule has 3 atom stereocenters. The van der Waals surface area contributed by atoms with Crippen LogP contribution < -0.4 is 5.32 Å². The Labute approximate surface area is 116 Å². The molecule has 0 aromatic rings. The second-order valence-electron chi connectivity index (χ2n) is 6.07. The van der Waals surface area contributed by atoms with Gasteiger partial charge in [-0.25, -0.2) is 0 Å². The van der Waals surface area contributed by atoms with E-state index in [0.717, 1.165) is 37.9 Å². The summed E-state index contributed by atoms with van der Waals surface area (Å²) in [7, 11) is 0. The Hall–Kier alpha value is -0.610. The van der Waals surface area contributed by atoms with Crippen molar-refractivity contribution in [3.05, 3.63) is 0 Å². The van der Waals surface area contributed by atoms with Crippen molar-refractivity contribution in [2.24, 2.45) is 5.92 Å². The van der Waals surface area contributed by atoms with Gasteiger partial charge in [0.15, 0.2) is 0 Å². The molecule has 1 heterocycles. The normalized spacial score (nSPS) is 29.1. The Morgan fingerprint density at radius 3 is 2.89 bits per heavy atom. The Balaban J connectivity index is 1.78. The van der Waals surface area contributed by atoms with Gasteiger partial charge in [0.1, 0.15) is 6.04 Å². The average Bonchev–Trinajstić information content (AvgIpc) is 2.82. The number of aliphatic carboxylic acids is 1. The van der Waals surface area contributed by atoms with Crippen LogP contribution in [0.25, 0.3) is 0 Å². The predicted molar refractivity (Wildman–Crippen MR) is 76.3 cm³/mol. The predicted octanol–water partition coefficient (Wildman–Crippen LogP) is 2.09. The van der Waals surface area contributed by atoms with Gasteiger partial charge < -0.3 is 15.3 Å². The standard InChI is InChI=1S/C15H28N2O2/c1-2-9-16-13(15(18)19)8-11-17-10-7-12-5-3-4-6-14(12)17/h12-14,16H,2-11H2,1H3,(H,18,19). The van der Waals surface area contributed by atoms with Gasteiger partial charge >= 0.3 is 5.97 Å². The monoisotopic (exact) mass is 268 g/mol.